The molecule has 4 aromatic rings. The molecule has 8 heteroatoms. The molecule has 0 unspecified atom stereocenters. The van der Waals surface area contributed by atoms with Crippen molar-refractivity contribution in [1.82, 2.24) is 0 Å². The molecule has 0 heterocycles. The SMILES string of the molecule is CC1(c2cc(CCCO)cc(C(c3cc(CCCO)cc(C4(C)CCCCC4)c3O)C3CCCCC3)c2O)CCCCC1.Cc1cc(CCCO)cc(C(c2cc(CCCO)cc(C)c2O)C2CCCCC2)c1O. The van der Waals surface area contributed by atoms with Crippen molar-refractivity contribution in [3.63, 3.8) is 0 Å². The quantitative estimate of drug-likeness (QED) is 0.0434. The lowest BCUT2D eigenvalue weighted by molar-refractivity contribution is 0.287. The molecule has 0 aromatic heterocycles. The van der Waals surface area contributed by atoms with Crippen LogP contribution in [0.2, 0.25) is 0 Å². The summed E-state index contributed by atoms with van der Waals surface area (Å²) in [6.45, 7) is 9.15. The first kappa shape index (κ1) is 57.6. The van der Waals surface area contributed by atoms with Gasteiger partial charge in [0.15, 0.2) is 0 Å². The van der Waals surface area contributed by atoms with Gasteiger partial charge in [0.05, 0.1) is 0 Å². The highest BCUT2D eigenvalue weighted by Gasteiger charge is 2.39. The molecule has 0 amide bonds. The Bertz CT molecular complexity index is 2250. The van der Waals surface area contributed by atoms with E-state index in [2.05, 4.69) is 50.2 Å². The van der Waals surface area contributed by atoms with E-state index < -0.39 is 0 Å². The number of hydrogen-bond donors (Lipinski definition) is 8. The summed E-state index contributed by atoms with van der Waals surface area (Å²) >= 11 is 0. The summed E-state index contributed by atoms with van der Waals surface area (Å²) < 4.78 is 0. The summed E-state index contributed by atoms with van der Waals surface area (Å²) in [7, 11) is 0. The van der Waals surface area contributed by atoms with Gasteiger partial charge in [-0.3, -0.25) is 0 Å². The monoisotopic (exact) mass is 1020 g/mol. The smallest absolute Gasteiger partial charge is 0.123 e. The van der Waals surface area contributed by atoms with Crippen LogP contribution in [0.4, 0.5) is 0 Å². The van der Waals surface area contributed by atoms with Crippen LogP contribution in [0.3, 0.4) is 0 Å². The second-order valence-electron chi connectivity index (χ2n) is 24.2. The van der Waals surface area contributed by atoms with Gasteiger partial charge in [-0.2, -0.15) is 0 Å². The zero-order valence-electron chi connectivity index (χ0n) is 46.1. The fraction of sp³-hybridized carbons (Fsp3) is 0.636. The maximum Gasteiger partial charge on any atom is 0.123 e. The predicted octanol–water partition coefficient (Wildman–Crippen LogP) is 14.4. The predicted molar refractivity (Wildman–Crippen MR) is 301 cm³/mol. The van der Waals surface area contributed by atoms with Gasteiger partial charge in [-0.1, -0.05) is 139 Å². The van der Waals surface area contributed by atoms with Crippen molar-refractivity contribution in [3.8, 4) is 23.0 Å². The van der Waals surface area contributed by atoms with Crippen LogP contribution in [-0.2, 0) is 36.5 Å². The second kappa shape index (κ2) is 27.3. The van der Waals surface area contributed by atoms with Crippen molar-refractivity contribution in [2.45, 2.75) is 230 Å². The van der Waals surface area contributed by atoms with E-state index in [1.54, 1.807) is 0 Å². The van der Waals surface area contributed by atoms with Gasteiger partial charge in [-0.05, 0) is 173 Å². The molecule has 0 radical (unpaired) electrons. The number of rotatable bonds is 20. The van der Waals surface area contributed by atoms with Crippen LogP contribution in [0.15, 0.2) is 48.5 Å². The van der Waals surface area contributed by atoms with Crippen LogP contribution in [0.25, 0.3) is 0 Å². The highest BCUT2D eigenvalue weighted by atomic mass is 16.3. The minimum atomic E-state index is -0.0830. The first-order valence-corrected chi connectivity index (χ1v) is 29.6. The standard InChI is InChI=1S/C39H58O4.C27H38O4/c1-38(18-8-4-9-19-38)33-26-28(14-12-22-40)24-31(36(33)42)35(30-16-6-3-7-17-30)32-25-29(15-13-23-41)27-34(37(32)43)39(2)20-10-5-11-21-39;1-18-14-20(8-6-12-28)16-23(26(18)30)25(22-10-4-3-5-11-22)24-17-21(9-7-13-29)15-19(2)27(24)31/h24-27,30,35,40-43H,3-23H2,1-2H3;14-17,22,25,28-31H,3-13H2,1-2H3. The summed E-state index contributed by atoms with van der Waals surface area (Å²) in [5, 5.41) is 84.9. The van der Waals surface area contributed by atoms with Crippen molar-refractivity contribution in [2.75, 3.05) is 26.4 Å². The average Bonchev–Trinajstić information content (AvgIpc) is 3.41. The molecule has 4 aromatic carbocycles. The topological polar surface area (TPSA) is 162 Å². The maximum absolute atomic E-state index is 12.3. The van der Waals surface area contributed by atoms with Gasteiger partial charge in [0.2, 0.25) is 0 Å². The molecule has 8 nitrogen and oxygen atoms in total. The van der Waals surface area contributed by atoms with Crippen molar-refractivity contribution >= 4 is 0 Å². The normalized spacial score (nSPS) is 18.4. The second-order valence-corrected chi connectivity index (χ2v) is 24.2. The minimum absolute atomic E-state index is 0.0603. The average molecular weight is 1020 g/mol. The highest BCUT2D eigenvalue weighted by Crippen LogP contribution is 2.54. The lowest BCUT2D eigenvalue weighted by Gasteiger charge is -2.39. The maximum atomic E-state index is 12.3. The Morgan fingerprint density at radius 3 is 0.946 bits per heavy atom. The number of benzene rings is 4. The Kier molecular flexibility index (Phi) is 21.3. The van der Waals surface area contributed by atoms with E-state index in [0.717, 1.165) is 133 Å². The van der Waals surface area contributed by atoms with Gasteiger partial charge >= 0.3 is 0 Å². The summed E-state index contributed by atoms with van der Waals surface area (Å²) in [6, 6.07) is 17.1. The zero-order valence-corrected chi connectivity index (χ0v) is 46.1. The molecule has 0 atom stereocenters. The van der Waals surface area contributed by atoms with Crippen LogP contribution < -0.4 is 0 Å². The van der Waals surface area contributed by atoms with E-state index in [4.69, 9.17) is 0 Å². The summed E-state index contributed by atoms with van der Waals surface area (Å²) in [4.78, 5) is 0. The van der Waals surface area contributed by atoms with E-state index in [9.17, 15) is 40.9 Å². The number of phenols is 4. The number of aromatic hydroxyl groups is 4. The third-order valence-corrected chi connectivity index (χ3v) is 18.5. The molecule has 4 saturated carbocycles. The Morgan fingerprint density at radius 1 is 0.378 bits per heavy atom. The molecule has 4 fully saturated rings. The van der Waals surface area contributed by atoms with Crippen LogP contribution in [0.1, 0.15) is 247 Å². The van der Waals surface area contributed by atoms with E-state index in [-0.39, 0.29) is 49.1 Å². The van der Waals surface area contributed by atoms with Crippen LogP contribution in [-0.4, -0.2) is 67.3 Å². The van der Waals surface area contributed by atoms with Crippen molar-refractivity contribution in [3.05, 3.63) is 115 Å². The lowest BCUT2D eigenvalue weighted by atomic mass is 9.66. The summed E-state index contributed by atoms with van der Waals surface area (Å²) in [5.74, 6) is 2.09. The van der Waals surface area contributed by atoms with Gasteiger partial charge in [0, 0.05) is 71.6 Å². The van der Waals surface area contributed by atoms with Crippen LogP contribution >= 0.6 is 0 Å². The number of hydrogen-bond acceptors (Lipinski definition) is 8. The Morgan fingerprint density at radius 2 is 0.649 bits per heavy atom. The highest BCUT2D eigenvalue weighted by molar-refractivity contribution is 5.58. The molecule has 0 aliphatic heterocycles. The largest absolute Gasteiger partial charge is 0.507 e. The Labute approximate surface area is 445 Å². The molecule has 4 aliphatic carbocycles. The van der Waals surface area contributed by atoms with E-state index in [0.29, 0.717) is 60.5 Å². The van der Waals surface area contributed by atoms with Gasteiger partial charge in [0.25, 0.3) is 0 Å². The number of aliphatic hydroxyl groups is 4. The fourth-order valence-corrected chi connectivity index (χ4v) is 14.3. The fourth-order valence-electron chi connectivity index (χ4n) is 14.3. The summed E-state index contributed by atoms with van der Waals surface area (Å²) in [5.41, 5.74) is 12.1. The van der Waals surface area contributed by atoms with Gasteiger partial charge in [-0.25, -0.2) is 0 Å². The van der Waals surface area contributed by atoms with E-state index in [1.165, 1.54) is 88.2 Å². The van der Waals surface area contributed by atoms with Crippen molar-refractivity contribution in [2.24, 2.45) is 11.8 Å². The number of aliphatic hydroxyl groups excluding tert-OH is 4. The van der Waals surface area contributed by atoms with Gasteiger partial charge in [0.1, 0.15) is 23.0 Å². The van der Waals surface area contributed by atoms with E-state index >= 15 is 0 Å². The molecule has 8 rings (SSSR count). The molecule has 74 heavy (non-hydrogen) atoms. The first-order valence-electron chi connectivity index (χ1n) is 29.6. The van der Waals surface area contributed by atoms with Gasteiger partial charge in [-0.15, -0.1) is 0 Å². The molecular weight excluding hydrogens is 921 g/mol. The van der Waals surface area contributed by atoms with Crippen molar-refractivity contribution in [1.29, 1.82) is 0 Å². The molecular formula is C66H96O8. The Hall–Kier alpha value is -4.08. The molecule has 408 valence electrons. The summed E-state index contributed by atoms with van der Waals surface area (Å²) in [6.07, 6.45) is 29.1. The minimum Gasteiger partial charge on any atom is -0.507 e. The molecule has 4 aliphatic rings. The van der Waals surface area contributed by atoms with Crippen LogP contribution in [0, 0.1) is 25.7 Å². The van der Waals surface area contributed by atoms with Crippen LogP contribution in [0.5, 0.6) is 23.0 Å². The van der Waals surface area contributed by atoms with E-state index in [1.807, 2.05) is 26.0 Å². The molecule has 0 saturated heterocycles. The first-order chi connectivity index (χ1) is 35.7. The Balaban J connectivity index is 0.000000228. The molecule has 0 spiro atoms. The van der Waals surface area contributed by atoms with Crippen molar-refractivity contribution < 1.29 is 40.9 Å². The number of phenolic OH excluding ortho intramolecular Hbond substituents is 4. The lowest BCUT2D eigenvalue weighted by Crippen LogP contribution is -2.27. The van der Waals surface area contributed by atoms with Gasteiger partial charge < -0.3 is 40.9 Å². The zero-order chi connectivity index (χ0) is 52.8. The third kappa shape index (κ3) is 13.9. The number of aryl methyl sites for hydroxylation is 6. The molecule has 8 N–H and O–H groups in total. The third-order valence-electron chi connectivity index (χ3n) is 18.5. The molecule has 0 bridgehead atoms.